The summed E-state index contributed by atoms with van der Waals surface area (Å²) in [4.78, 5) is 14.8. The van der Waals surface area contributed by atoms with Gasteiger partial charge in [-0.25, -0.2) is 0 Å². The van der Waals surface area contributed by atoms with Gasteiger partial charge in [0.25, 0.3) is 5.91 Å². The van der Waals surface area contributed by atoms with Gasteiger partial charge in [-0.1, -0.05) is 18.1 Å². The zero-order valence-electron chi connectivity index (χ0n) is 14.2. The first-order chi connectivity index (χ1) is 11.7. The molecular formula is C19H22N2O3. The number of carbonyl (C=O) groups is 1. The zero-order chi connectivity index (χ0) is 16.7. The fraction of sp³-hybridized carbons (Fsp3) is 0.474. The van der Waals surface area contributed by atoms with Gasteiger partial charge in [-0.3, -0.25) is 4.79 Å². The van der Waals surface area contributed by atoms with Crippen LogP contribution in [-0.2, 0) is 12.8 Å². The van der Waals surface area contributed by atoms with Gasteiger partial charge in [0.05, 0.1) is 7.11 Å². The van der Waals surface area contributed by atoms with E-state index < -0.39 is 0 Å². The number of nitrogens with zero attached hydrogens (tertiary/aromatic N) is 2. The molecule has 1 saturated heterocycles. The van der Waals surface area contributed by atoms with Crippen LogP contribution in [0.4, 0.5) is 0 Å². The van der Waals surface area contributed by atoms with Crippen LogP contribution in [0.2, 0.25) is 0 Å². The highest BCUT2D eigenvalue weighted by Gasteiger charge is 2.31. The van der Waals surface area contributed by atoms with Crippen molar-refractivity contribution >= 4 is 5.91 Å². The lowest BCUT2D eigenvalue weighted by Gasteiger charge is -2.30. The van der Waals surface area contributed by atoms with Gasteiger partial charge in [0, 0.05) is 24.2 Å². The maximum atomic E-state index is 12.9. The lowest BCUT2D eigenvalue weighted by molar-refractivity contribution is 0.0671. The van der Waals surface area contributed by atoms with Gasteiger partial charge in [0.1, 0.15) is 5.75 Å². The van der Waals surface area contributed by atoms with E-state index in [0.717, 1.165) is 55.0 Å². The lowest BCUT2D eigenvalue weighted by Crippen LogP contribution is -2.39. The Morgan fingerprint density at radius 1 is 1.38 bits per heavy atom. The summed E-state index contributed by atoms with van der Waals surface area (Å²) in [6.45, 7) is 3.82. The van der Waals surface area contributed by atoms with Crippen molar-refractivity contribution in [1.29, 1.82) is 0 Å². The fourth-order valence-corrected chi connectivity index (χ4v) is 3.82. The SMILES string of the molecule is COc1ccc2c(c1)-c1onc(C(=O)N3CCC[C@H](C)C3)c1CC2. The van der Waals surface area contributed by atoms with E-state index >= 15 is 0 Å². The van der Waals surface area contributed by atoms with E-state index in [4.69, 9.17) is 9.26 Å². The molecule has 126 valence electrons. The molecule has 1 aromatic carbocycles. The minimum atomic E-state index is 0.0119. The number of aryl methyl sites for hydroxylation is 1. The molecule has 0 saturated carbocycles. The number of hydrogen-bond acceptors (Lipinski definition) is 4. The van der Waals surface area contributed by atoms with Crippen molar-refractivity contribution in [2.75, 3.05) is 20.2 Å². The molecule has 2 aromatic rings. The van der Waals surface area contributed by atoms with Crippen LogP contribution in [0.5, 0.6) is 5.75 Å². The second-order valence-corrected chi connectivity index (χ2v) is 6.86. The molecule has 2 heterocycles. The number of carbonyl (C=O) groups excluding carboxylic acids is 1. The highest BCUT2D eigenvalue weighted by molar-refractivity contribution is 5.95. The molecular weight excluding hydrogens is 304 g/mol. The van der Waals surface area contributed by atoms with E-state index in [1.54, 1.807) is 7.11 Å². The number of aromatic nitrogens is 1. The fourth-order valence-electron chi connectivity index (χ4n) is 3.82. The minimum absolute atomic E-state index is 0.0119. The highest BCUT2D eigenvalue weighted by Crippen LogP contribution is 2.37. The molecule has 4 rings (SSSR count). The first-order valence-corrected chi connectivity index (χ1v) is 8.62. The Bertz CT molecular complexity index is 781. The van der Waals surface area contributed by atoms with Crippen molar-refractivity contribution in [2.24, 2.45) is 5.92 Å². The second-order valence-electron chi connectivity index (χ2n) is 6.86. The molecule has 1 aliphatic heterocycles. The van der Waals surface area contributed by atoms with Gasteiger partial charge in [0.2, 0.25) is 0 Å². The maximum absolute atomic E-state index is 12.9. The third-order valence-electron chi connectivity index (χ3n) is 5.14. The molecule has 0 radical (unpaired) electrons. The van der Waals surface area contributed by atoms with Crippen LogP contribution in [-0.4, -0.2) is 36.2 Å². The third-order valence-corrected chi connectivity index (χ3v) is 5.14. The molecule has 0 spiro atoms. The number of methoxy groups -OCH3 is 1. The molecule has 24 heavy (non-hydrogen) atoms. The molecule has 1 fully saturated rings. The van der Waals surface area contributed by atoms with E-state index in [1.807, 2.05) is 17.0 Å². The molecule has 1 amide bonds. The van der Waals surface area contributed by atoms with Gasteiger partial charge in [-0.05, 0) is 49.3 Å². The van der Waals surface area contributed by atoms with Crippen molar-refractivity contribution in [1.82, 2.24) is 10.1 Å². The van der Waals surface area contributed by atoms with E-state index in [1.165, 1.54) is 12.0 Å². The van der Waals surface area contributed by atoms with Crippen molar-refractivity contribution in [3.8, 4) is 17.1 Å². The molecule has 1 atom stereocenters. The summed E-state index contributed by atoms with van der Waals surface area (Å²) in [5.74, 6) is 2.08. The quantitative estimate of drug-likeness (QED) is 0.849. The number of ether oxygens (including phenoxy) is 1. The van der Waals surface area contributed by atoms with Crippen LogP contribution in [0.15, 0.2) is 22.7 Å². The molecule has 0 bridgehead atoms. The summed E-state index contributed by atoms with van der Waals surface area (Å²) in [5.41, 5.74) is 3.64. The van der Waals surface area contributed by atoms with Crippen LogP contribution >= 0.6 is 0 Å². The number of fused-ring (bicyclic) bond motifs is 3. The molecule has 2 aliphatic rings. The normalized spacial score (nSPS) is 19.6. The molecule has 1 aliphatic carbocycles. The molecule has 0 unspecified atom stereocenters. The first kappa shape index (κ1) is 15.2. The Morgan fingerprint density at radius 2 is 2.25 bits per heavy atom. The Balaban J connectivity index is 1.69. The number of hydrogen-bond donors (Lipinski definition) is 0. The smallest absolute Gasteiger partial charge is 0.276 e. The van der Waals surface area contributed by atoms with Gasteiger partial charge in [0.15, 0.2) is 11.5 Å². The number of amides is 1. The van der Waals surface area contributed by atoms with Crippen LogP contribution in [0.3, 0.4) is 0 Å². The van der Waals surface area contributed by atoms with Crippen LogP contribution in [0.25, 0.3) is 11.3 Å². The highest BCUT2D eigenvalue weighted by atomic mass is 16.5. The van der Waals surface area contributed by atoms with Crippen molar-refractivity contribution in [2.45, 2.75) is 32.6 Å². The molecule has 5 nitrogen and oxygen atoms in total. The molecule has 0 N–H and O–H groups in total. The number of rotatable bonds is 2. The predicted molar refractivity (Wildman–Crippen MR) is 90.2 cm³/mol. The summed E-state index contributed by atoms with van der Waals surface area (Å²) < 4.78 is 10.9. The van der Waals surface area contributed by atoms with Crippen LogP contribution < -0.4 is 4.74 Å². The summed E-state index contributed by atoms with van der Waals surface area (Å²) >= 11 is 0. The van der Waals surface area contributed by atoms with Gasteiger partial charge in [-0.15, -0.1) is 0 Å². The van der Waals surface area contributed by atoms with E-state index in [2.05, 4.69) is 18.1 Å². The van der Waals surface area contributed by atoms with E-state index in [9.17, 15) is 4.79 Å². The van der Waals surface area contributed by atoms with E-state index in [0.29, 0.717) is 11.6 Å². The maximum Gasteiger partial charge on any atom is 0.276 e. The first-order valence-electron chi connectivity index (χ1n) is 8.62. The van der Waals surface area contributed by atoms with E-state index in [-0.39, 0.29) is 5.91 Å². The van der Waals surface area contributed by atoms with Crippen molar-refractivity contribution < 1.29 is 14.1 Å². The zero-order valence-corrected chi connectivity index (χ0v) is 14.2. The summed E-state index contributed by atoms with van der Waals surface area (Å²) in [5, 5.41) is 4.15. The number of benzene rings is 1. The predicted octanol–water partition coefficient (Wildman–Crippen LogP) is 3.32. The van der Waals surface area contributed by atoms with Crippen molar-refractivity contribution in [3.05, 3.63) is 35.0 Å². The Kier molecular flexibility index (Phi) is 3.79. The third kappa shape index (κ3) is 2.48. The summed E-state index contributed by atoms with van der Waals surface area (Å²) in [7, 11) is 1.65. The summed E-state index contributed by atoms with van der Waals surface area (Å²) in [6.07, 6.45) is 3.94. The Morgan fingerprint density at radius 3 is 3.04 bits per heavy atom. The van der Waals surface area contributed by atoms with Gasteiger partial charge in [-0.2, -0.15) is 0 Å². The number of piperidine rings is 1. The topological polar surface area (TPSA) is 55.6 Å². The van der Waals surface area contributed by atoms with Crippen molar-refractivity contribution in [3.63, 3.8) is 0 Å². The largest absolute Gasteiger partial charge is 0.497 e. The minimum Gasteiger partial charge on any atom is -0.497 e. The van der Waals surface area contributed by atoms with Crippen LogP contribution in [0, 0.1) is 5.92 Å². The average Bonchev–Trinajstić information content (AvgIpc) is 3.05. The standard InChI is InChI=1S/C19H22N2O3/c1-12-4-3-9-21(11-12)19(22)17-15-8-6-13-5-7-14(23-2)10-16(13)18(15)24-20-17/h5,7,10,12H,3-4,6,8-9,11H2,1-2H3/t12-/m0/s1. The molecule has 5 heteroatoms. The summed E-state index contributed by atoms with van der Waals surface area (Å²) in [6, 6.07) is 5.99. The van der Waals surface area contributed by atoms with Crippen LogP contribution in [0.1, 0.15) is 41.4 Å². The van der Waals surface area contributed by atoms with Gasteiger partial charge >= 0.3 is 0 Å². The Hall–Kier alpha value is -2.30. The number of likely N-dealkylation sites (tertiary alicyclic amines) is 1. The van der Waals surface area contributed by atoms with Gasteiger partial charge < -0.3 is 14.2 Å². The monoisotopic (exact) mass is 326 g/mol. The lowest BCUT2D eigenvalue weighted by atomic mass is 9.89. The average molecular weight is 326 g/mol. The second kappa shape index (κ2) is 5.96. The molecule has 1 aromatic heterocycles. The Labute approximate surface area is 141 Å².